The molecular formula is C8H12O2S. The molecule has 0 aromatic rings. The normalized spacial score (nSPS) is 41.7. The van der Waals surface area contributed by atoms with Crippen LogP contribution in [0.2, 0.25) is 0 Å². The summed E-state index contributed by atoms with van der Waals surface area (Å²) in [5.74, 6) is 0.814. The summed E-state index contributed by atoms with van der Waals surface area (Å²) in [6.07, 6.45) is 7.65. The van der Waals surface area contributed by atoms with Crippen molar-refractivity contribution in [3.05, 3.63) is 12.2 Å². The molecule has 11 heavy (non-hydrogen) atoms. The molecule has 0 aliphatic heterocycles. The molecule has 3 atom stereocenters. The van der Waals surface area contributed by atoms with Gasteiger partial charge in [0.2, 0.25) is 0 Å². The monoisotopic (exact) mass is 172 g/mol. The Morgan fingerprint density at radius 2 is 2.18 bits per heavy atom. The number of fused-ring (bicyclic) bond motifs is 1. The van der Waals surface area contributed by atoms with Crippen molar-refractivity contribution in [3.8, 4) is 0 Å². The highest BCUT2D eigenvalue weighted by Gasteiger charge is 2.54. The molecule has 62 valence electrons. The largest absolute Gasteiger partial charge is 0.229 e. The number of allylic oxidation sites excluding steroid dienone is 2. The molecule has 0 aromatic carbocycles. The topological polar surface area (TPSA) is 34.1 Å². The van der Waals surface area contributed by atoms with Crippen LogP contribution in [0.3, 0.4) is 0 Å². The molecule has 0 aromatic heterocycles. The molecule has 2 aliphatic rings. The highest BCUT2D eigenvalue weighted by Crippen LogP contribution is 2.50. The van der Waals surface area contributed by atoms with Crippen molar-refractivity contribution in [3.63, 3.8) is 0 Å². The molecule has 2 aliphatic carbocycles. The van der Waals surface area contributed by atoms with Gasteiger partial charge in [-0.25, -0.2) is 8.42 Å². The van der Waals surface area contributed by atoms with E-state index >= 15 is 0 Å². The van der Waals surface area contributed by atoms with Crippen LogP contribution in [0.1, 0.15) is 12.8 Å². The first-order valence-corrected chi connectivity index (χ1v) is 5.92. The lowest BCUT2D eigenvalue weighted by molar-refractivity contribution is 0.596. The Morgan fingerprint density at radius 3 is 2.64 bits per heavy atom. The van der Waals surface area contributed by atoms with E-state index in [1.807, 2.05) is 0 Å². The van der Waals surface area contributed by atoms with Gasteiger partial charge < -0.3 is 0 Å². The van der Waals surface area contributed by atoms with E-state index < -0.39 is 9.84 Å². The fourth-order valence-corrected chi connectivity index (χ4v) is 3.85. The molecule has 0 radical (unpaired) electrons. The van der Waals surface area contributed by atoms with E-state index in [-0.39, 0.29) is 5.25 Å². The first-order chi connectivity index (χ1) is 5.11. The van der Waals surface area contributed by atoms with E-state index in [0.29, 0.717) is 11.8 Å². The number of hydrogen-bond donors (Lipinski definition) is 0. The highest BCUT2D eigenvalue weighted by molar-refractivity contribution is 7.91. The Morgan fingerprint density at radius 1 is 1.45 bits per heavy atom. The number of rotatable bonds is 1. The average molecular weight is 172 g/mol. The van der Waals surface area contributed by atoms with Gasteiger partial charge in [-0.1, -0.05) is 12.2 Å². The minimum atomic E-state index is -2.76. The van der Waals surface area contributed by atoms with Gasteiger partial charge in [-0.05, 0) is 24.7 Å². The second-order valence-corrected chi connectivity index (χ2v) is 5.74. The van der Waals surface area contributed by atoms with Gasteiger partial charge in [0.25, 0.3) is 0 Å². The van der Waals surface area contributed by atoms with Crippen LogP contribution in [0.4, 0.5) is 0 Å². The Hall–Kier alpha value is -0.310. The van der Waals surface area contributed by atoms with E-state index in [1.54, 1.807) is 0 Å². The van der Waals surface area contributed by atoms with Crippen LogP contribution < -0.4 is 0 Å². The van der Waals surface area contributed by atoms with Gasteiger partial charge in [-0.15, -0.1) is 0 Å². The molecule has 0 bridgehead atoms. The zero-order valence-electron chi connectivity index (χ0n) is 6.53. The van der Waals surface area contributed by atoms with Gasteiger partial charge in [-0.2, -0.15) is 0 Å². The van der Waals surface area contributed by atoms with Crippen molar-refractivity contribution < 1.29 is 8.42 Å². The summed E-state index contributed by atoms with van der Waals surface area (Å²) in [5.41, 5.74) is 0. The average Bonchev–Trinajstić information content (AvgIpc) is 2.58. The van der Waals surface area contributed by atoms with Crippen LogP contribution in [0.5, 0.6) is 0 Å². The minimum Gasteiger partial charge on any atom is -0.229 e. The molecule has 0 amide bonds. The molecule has 3 heteroatoms. The quantitative estimate of drug-likeness (QED) is 0.553. The van der Waals surface area contributed by atoms with Crippen LogP contribution in [0.25, 0.3) is 0 Å². The molecule has 0 saturated heterocycles. The van der Waals surface area contributed by atoms with E-state index in [0.717, 1.165) is 12.8 Å². The molecule has 0 spiro atoms. The summed E-state index contributed by atoms with van der Waals surface area (Å²) in [7, 11) is -2.76. The Labute approximate surface area is 67.2 Å². The summed E-state index contributed by atoms with van der Waals surface area (Å²) in [6, 6.07) is 0. The molecule has 0 heterocycles. The van der Waals surface area contributed by atoms with Gasteiger partial charge in [-0.3, -0.25) is 0 Å². The second kappa shape index (κ2) is 2.09. The van der Waals surface area contributed by atoms with Gasteiger partial charge in [0, 0.05) is 6.26 Å². The summed E-state index contributed by atoms with van der Waals surface area (Å²) < 4.78 is 22.3. The third-order valence-electron chi connectivity index (χ3n) is 2.67. The number of hydrogen-bond acceptors (Lipinski definition) is 2. The van der Waals surface area contributed by atoms with Gasteiger partial charge in [0.05, 0.1) is 5.25 Å². The smallest absolute Gasteiger partial charge is 0.151 e. The fraction of sp³-hybridized carbons (Fsp3) is 0.750. The van der Waals surface area contributed by atoms with E-state index in [2.05, 4.69) is 12.2 Å². The van der Waals surface area contributed by atoms with Gasteiger partial charge in [0.15, 0.2) is 9.84 Å². The summed E-state index contributed by atoms with van der Waals surface area (Å²) in [4.78, 5) is 0. The maximum Gasteiger partial charge on any atom is 0.151 e. The summed E-state index contributed by atoms with van der Waals surface area (Å²) in [5, 5.41) is -0.0405. The third kappa shape index (κ3) is 1.11. The molecule has 0 N–H and O–H groups in total. The van der Waals surface area contributed by atoms with Gasteiger partial charge >= 0.3 is 0 Å². The molecule has 1 fully saturated rings. The molecule has 2 nitrogen and oxygen atoms in total. The van der Waals surface area contributed by atoms with Crippen molar-refractivity contribution in [1.82, 2.24) is 0 Å². The lowest BCUT2D eigenvalue weighted by Gasteiger charge is -1.96. The van der Waals surface area contributed by atoms with Crippen LogP contribution in [0, 0.1) is 11.8 Å². The van der Waals surface area contributed by atoms with Crippen molar-refractivity contribution in [2.45, 2.75) is 18.1 Å². The minimum absolute atomic E-state index is 0.0405. The van der Waals surface area contributed by atoms with E-state index in [1.165, 1.54) is 6.26 Å². The van der Waals surface area contributed by atoms with Crippen molar-refractivity contribution >= 4 is 9.84 Å². The predicted octanol–water partition coefficient (Wildman–Crippen LogP) is 0.996. The maximum atomic E-state index is 11.1. The third-order valence-corrected chi connectivity index (χ3v) is 4.33. The second-order valence-electron chi connectivity index (χ2n) is 3.54. The van der Waals surface area contributed by atoms with Crippen molar-refractivity contribution in [2.24, 2.45) is 11.8 Å². The first-order valence-electron chi connectivity index (χ1n) is 3.96. The van der Waals surface area contributed by atoms with E-state index in [4.69, 9.17) is 0 Å². The predicted molar refractivity (Wildman–Crippen MR) is 44.0 cm³/mol. The lowest BCUT2D eigenvalue weighted by Crippen LogP contribution is -2.06. The van der Waals surface area contributed by atoms with Gasteiger partial charge in [0.1, 0.15) is 0 Å². The number of sulfone groups is 1. The SMILES string of the molecule is CS(=O)(=O)C1C2C=CCCC21. The fourth-order valence-electron chi connectivity index (χ4n) is 2.12. The van der Waals surface area contributed by atoms with Crippen LogP contribution in [-0.4, -0.2) is 19.9 Å². The Balaban J connectivity index is 2.20. The Bertz CT molecular complexity index is 289. The van der Waals surface area contributed by atoms with Crippen LogP contribution in [-0.2, 0) is 9.84 Å². The zero-order chi connectivity index (χ0) is 8.06. The first kappa shape index (κ1) is 7.35. The highest BCUT2D eigenvalue weighted by atomic mass is 32.2. The standard InChI is InChI=1S/C8H12O2S/c1-11(9,10)8-6-4-2-3-5-7(6)8/h2,4,6-8H,3,5H2,1H3. The molecule has 1 saturated carbocycles. The van der Waals surface area contributed by atoms with Crippen molar-refractivity contribution in [1.29, 1.82) is 0 Å². The van der Waals surface area contributed by atoms with Crippen LogP contribution >= 0.6 is 0 Å². The lowest BCUT2D eigenvalue weighted by atomic mass is 10.1. The summed E-state index contributed by atoms with van der Waals surface area (Å²) in [6.45, 7) is 0. The van der Waals surface area contributed by atoms with Crippen molar-refractivity contribution in [2.75, 3.05) is 6.26 Å². The van der Waals surface area contributed by atoms with E-state index in [9.17, 15) is 8.42 Å². The molecule has 3 unspecified atom stereocenters. The van der Waals surface area contributed by atoms with Crippen LogP contribution in [0.15, 0.2) is 12.2 Å². The molecular weight excluding hydrogens is 160 g/mol. The summed E-state index contributed by atoms with van der Waals surface area (Å²) >= 11 is 0. The zero-order valence-corrected chi connectivity index (χ0v) is 7.34. The molecule has 2 rings (SSSR count). The Kier molecular flexibility index (Phi) is 1.40. The maximum absolute atomic E-state index is 11.1.